The number of nitrogens with two attached hydrogens (primary N) is 1. The molecule has 1 aromatic rings. The Balaban J connectivity index is 0.00000220. The van der Waals surface area contributed by atoms with Crippen molar-refractivity contribution in [3.63, 3.8) is 0 Å². The molecule has 0 bridgehead atoms. The van der Waals surface area contributed by atoms with Gasteiger partial charge < -0.3 is 15.5 Å². The van der Waals surface area contributed by atoms with Crippen LogP contribution in [-0.4, -0.2) is 43.0 Å². The predicted octanol–water partition coefficient (Wildman–Crippen LogP) is 2.69. The maximum Gasteiger partial charge on any atom is 0.224 e. The van der Waals surface area contributed by atoms with Crippen LogP contribution < -0.4 is 10.6 Å². The molecule has 1 saturated heterocycles. The van der Waals surface area contributed by atoms with Crippen LogP contribution in [-0.2, 0) is 4.79 Å². The van der Waals surface area contributed by atoms with E-state index in [1.165, 1.54) is 5.69 Å². The monoisotopic (exact) mass is 347 g/mol. The lowest BCUT2D eigenvalue weighted by atomic mass is 10.0. The molecule has 1 amide bonds. The fraction of sp³-hybridized carbons (Fsp3) is 0.562. The van der Waals surface area contributed by atoms with E-state index in [1.807, 2.05) is 17.9 Å². The van der Waals surface area contributed by atoms with Gasteiger partial charge >= 0.3 is 0 Å². The fourth-order valence-corrected chi connectivity index (χ4v) is 2.78. The minimum Gasteiger partial charge on any atom is -0.371 e. The molecule has 126 valence electrons. The molecular formula is C16H27Cl2N3O. The summed E-state index contributed by atoms with van der Waals surface area (Å²) in [5.41, 5.74) is 6.94. The first-order chi connectivity index (χ1) is 9.58. The van der Waals surface area contributed by atoms with Crippen molar-refractivity contribution >= 4 is 36.4 Å². The smallest absolute Gasteiger partial charge is 0.224 e. The van der Waals surface area contributed by atoms with Gasteiger partial charge in [0.25, 0.3) is 0 Å². The largest absolute Gasteiger partial charge is 0.371 e. The summed E-state index contributed by atoms with van der Waals surface area (Å²) in [6.07, 6.45) is 2.51. The third-order valence-electron chi connectivity index (χ3n) is 4.02. The van der Waals surface area contributed by atoms with Crippen LogP contribution in [0, 0.1) is 0 Å². The molecular weight excluding hydrogens is 321 g/mol. The lowest BCUT2D eigenvalue weighted by molar-refractivity contribution is -0.132. The van der Waals surface area contributed by atoms with Gasteiger partial charge in [0.2, 0.25) is 5.91 Å². The quantitative estimate of drug-likeness (QED) is 0.910. The molecule has 1 heterocycles. The zero-order valence-electron chi connectivity index (χ0n) is 13.3. The summed E-state index contributed by atoms with van der Waals surface area (Å²) in [6, 6.07) is 10.9. The molecule has 0 radical (unpaired) electrons. The van der Waals surface area contributed by atoms with E-state index in [1.54, 1.807) is 0 Å². The number of rotatable bonds is 4. The first kappa shape index (κ1) is 21.0. The van der Waals surface area contributed by atoms with Crippen molar-refractivity contribution in [1.29, 1.82) is 0 Å². The minimum absolute atomic E-state index is 0. The number of likely N-dealkylation sites (tertiary alicyclic amines) is 1. The molecule has 1 atom stereocenters. The Labute approximate surface area is 145 Å². The highest BCUT2D eigenvalue weighted by Crippen LogP contribution is 2.22. The van der Waals surface area contributed by atoms with Crippen molar-refractivity contribution in [2.75, 3.05) is 25.0 Å². The van der Waals surface area contributed by atoms with Gasteiger partial charge in [0, 0.05) is 44.3 Å². The van der Waals surface area contributed by atoms with Crippen molar-refractivity contribution < 1.29 is 4.79 Å². The number of anilines is 1. The third kappa shape index (κ3) is 5.67. The molecule has 4 nitrogen and oxygen atoms in total. The van der Waals surface area contributed by atoms with Crippen LogP contribution in [0.15, 0.2) is 30.3 Å². The normalized spacial score (nSPS) is 16.2. The Morgan fingerprint density at radius 1 is 1.27 bits per heavy atom. The molecule has 2 rings (SSSR count). The maximum absolute atomic E-state index is 12.0. The molecule has 0 aliphatic carbocycles. The van der Waals surface area contributed by atoms with E-state index in [-0.39, 0.29) is 36.8 Å². The number of hydrogen-bond donors (Lipinski definition) is 1. The molecule has 0 saturated carbocycles. The zero-order chi connectivity index (χ0) is 14.5. The van der Waals surface area contributed by atoms with Gasteiger partial charge in [0.1, 0.15) is 0 Å². The van der Waals surface area contributed by atoms with Crippen LogP contribution >= 0.6 is 24.8 Å². The summed E-state index contributed by atoms with van der Waals surface area (Å²) in [6.45, 7) is 3.56. The average molecular weight is 348 g/mol. The molecule has 1 aromatic carbocycles. The number of nitrogens with zero attached hydrogens (tertiary/aromatic N) is 2. The summed E-state index contributed by atoms with van der Waals surface area (Å²) in [5, 5.41) is 0. The van der Waals surface area contributed by atoms with Crippen molar-refractivity contribution in [2.45, 2.75) is 38.3 Å². The van der Waals surface area contributed by atoms with Crippen molar-refractivity contribution in [3.05, 3.63) is 30.3 Å². The summed E-state index contributed by atoms with van der Waals surface area (Å²) in [4.78, 5) is 16.3. The van der Waals surface area contributed by atoms with E-state index in [2.05, 4.69) is 36.2 Å². The fourth-order valence-electron chi connectivity index (χ4n) is 2.78. The zero-order valence-corrected chi connectivity index (χ0v) is 14.9. The Kier molecular flexibility index (Phi) is 9.49. The molecule has 1 aliphatic rings. The van der Waals surface area contributed by atoms with E-state index in [0.29, 0.717) is 12.5 Å². The van der Waals surface area contributed by atoms with Crippen LogP contribution in [0.4, 0.5) is 5.69 Å². The van der Waals surface area contributed by atoms with E-state index in [4.69, 9.17) is 5.73 Å². The van der Waals surface area contributed by atoms with Crippen LogP contribution in [0.3, 0.4) is 0 Å². The summed E-state index contributed by atoms with van der Waals surface area (Å²) in [5.74, 6) is 0.195. The van der Waals surface area contributed by atoms with Crippen molar-refractivity contribution in [1.82, 2.24) is 4.90 Å². The molecule has 0 aromatic heterocycles. The number of halogens is 2. The first-order valence-corrected chi connectivity index (χ1v) is 7.39. The lowest BCUT2D eigenvalue weighted by Crippen LogP contribution is -2.46. The number of piperidine rings is 1. The molecule has 6 heteroatoms. The van der Waals surface area contributed by atoms with Crippen molar-refractivity contribution in [2.24, 2.45) is 5.73 Å². The Morgan fingerprint density at radius 2 is 1.82 bits per heavy atom. The predicted molar refractivity (Wildman–Crippen MR) is 97.2 cm³/mol. The number of hydrogen-bond acceptors (Lipinski definition) is 3. The minimum atomic E-state index is -0.0489. The first-order valence-electron chi connectivity index (χ1n) is 7.39. The van der Waals surface area contributed by atoms with Gasteiger partial charge in [-0.2, -0.15) is 0 Å². The standard InChI is InChI=1S/C16H25N3O.2ClH/c1-13(17)12-16(20)19-10-8-15(9-11-19)18(2)14-6-4-3-5-7-14;;/h3-7,13,15H,8-12,17H2,1-2H3;2*1H. The highest BCUT2D eigenvalue weighted by atomic mass is 35.5. The number of amides is 1. The summed E-state index contributed by atoms with van der Waals surface area (Å²) < 4.78 is 0. The van der Waals surface area contributed by atoms with Gasteiger partial charge in [-0.1, -0.05) is 18.2 Å². The number of carbonyl (C=O) groups is 1. The number of benzene rings is 1. The van der Waals surface area contributed by atoms with E-state index >= 15 is 0 Å². The molecule has 0 spiro atoms. The molecule has 1 aliphatic heterocycles. The second-order valence-electron chi connectivity index (χ2n) is 5.74. The average Bonchev–Trinajstić information content (AvgIpc) is 2.47. The lowest BCUT2D eigenvalue weighted by Gasteiger charge is -2.38. The van der Waals surface area contributed by atoms with Gasteiger partial charge in [0.05, 0.1) is 0 Å². The Morgan fingerprint density at radius 3 is 2.32 bits per heavy atom. The van der Waals surface area contributed by atoms with Gasteiger partial charge in [-0.3, -0.25) is 4.79 Å². The molecule has 2 N–H and O–H groups in total. The summed E-state index contributed by atoms with van der Waals surface area (Å²) >= 11 is 0. The van der Waals surface area contributed by atoms with E-state index < -0.39 is 0 Å². The molecule has 1 unspecified atom stereocenters. The number of para-hydroxylation sites is 1. The Bertz CT molecular complexity index is 434. The second-order valence-corrected chi connectivity index (χ2v) is 5.74. The second kappa shape index (κ2) is 9.93. The van der Waals surface area contributed by atoms with E-state index in [0.717, 1.165) is 25.9 Å². The third-order valence-corrected chi connectivity index (χ3v) is 4.02. The summed E-state index contributed by atoms with van der Waals surface area (Å²) in [7, 11) is 2.14. The highest BCUT2D eigenvalue weighted by Gasteiger charge is 2.25. The van der Waals surface area contributed by atoms with Crippen LogP contribution in [0.1, 0.15) is 26.2 Å². The van der Waals surface area contributed by atoms with E-state index in [9.17, 15) is 4.79 Å². The van der Waals surface area contributed by atoms with Gasteiger partial charge in [-0.25, -0.2) is 0 Å². The van der Waals surface area contributed by atoms with Crippen LogP contribution in [0.2, 0.25) is 0 Å². The van der Waals surface area contributed by atoms with Crippen molar-refractivity contribution in [3.8, 4) is 0 Å². The highest BCUT2D eigenvalue weighted by molar-refractivity contribution is 5.85. The van der Waals surface area contributed by atoms with Gasteiger partial charge in [-0.05, 0) is 31.9 Å². The molecule has 1 fully saturated rings. The molecule has 22 heavy (non-hydrogen) atoms. The SMILES string of the molecule is CC(N)CC(=O)N1CCC(N(C)c2ccccc2)CC1.Cl.Cl. The number of carbonyl (C=O) groups excluding carboxylic acids is 1. The van der Waals surface area contributed by atoms with Crippen LogP contribution in [0.25, 0.3) is 0 Å². The topological polar surface area (TPSA) is 49.6 Å². The maximum atomic E-state index is 12.0. The van der Waals surface area contributed by atoms with Gasteiger partial charge in [-0.15, -0.1) is 24.8 Å². The van der Waals surface area contributed by atoms with Crippen LogP contribution in [0.5, 0.6) is 0 Å². The Hall–Kier alpha value is -0.970. The van der Waals surface area contributed by atoms with Gasteiger partial charge in [0.15, 0.2) is 0 Å².